The van der Waals surface area contributed by atoms with Crippen LogP contribution in [-0.2, 0) is 0 Å². The van der Waals surface area contributed by atoms with Gasteiger partial charge in [-0.2, -0.15) is 0 Å². The number of amides is 1. The monoisotopic (exact) mass is 305 g/mol. The third-order valence-electron chi connectivity index (χ3n) is 2.26. The predicted molar refractivity (Wildman–Crippen MR) is 69.9 cm³/mol. The van der Waals surface area contributed by atoms with Crippen molar-refractivity contribution in [1.82, 2.24) is 4.90 Å². The van der Waals surface area contributed by atoms with E-state index in [9.17, 15) is 4.79 Å². The molecule has 1 N–H and O–H groups in total. The summed E-state index contributed by atoms with van der Waals surface area (Å²) in [7, 11) is 0. The van der Waals surface area contributed by atoms with Gasteiger partial charge in [0.25, 0.3) is 5.91 Å². The van der Waals surface area contributed by atoms with E-state index in [1.807, 2.05) is 25.3 Å². The van der Waals surface area contributed by atoms with Gasteiger partial charge in [-0.1, -0.05) is 0 Å². The van der Waals surface area contributed by atoms with Gasteiger partial charge in [0.15, 0.2) is 0 Å². The Morgan fingerprint density at radius 3 is 2.75 bits per heavy atom. The first-order chi connectivity index (χ1) is 7.56. The van der Waals surface area contributed by atoms with Crippen molar-refractivity contribution in [3.8, 4) is 0 Å². The molecule has 0 bridgehead atoms. The van der Waals surface area contributed by atoms with Gasteiger partial charge in [-0.25, -0.2) is 0 Å². The van der Waals surface area contributed by atoms with Crippen LogP contribution in [0.2, 0.25) is 0 Å². The van der Waals surface area contributed by atoms with Crippen LogP contribution in [0.15, 0.2) is 15.2 Å². The molecule has 1 rings (SSSR count). The lowest BCUT2D eigenvalue weighted by molar-refractivity contribution is 0.0693. The Morgan fingerprint density at radius 1 is 1.62 bits per heavy atom. The number of carbonyl (C=O) groups excluding carboxylic acids is 1. The topological polar surface area (TPSA) is 40.5 Å². The standard InChI is InChI=1S/C11H16BrNO2S/c1-8(2)13(4-3-5-14)11(15)9-6-10(12)16-7-9/h6-8,14H,3-5H2,1-2H3. The van der Waals surface area contributed by atoms with Crippen LogP contribution in [0, 0.1) is 0 Å². The van der Waals surface area contributed by atoms with Crippen LogP contribution in [0.3, 0.4) is 0 Å². The van der Waals surface area contributed by atoms with Crippen LogP contribution in [0.1, 0.15) is 30.6 Å². The number of aliphatic hydroxyl groups is 1. The van der Waals surface area contributed by atoms with Gasteiger partial charge in [-0.15, -0.1) is 11.3 Å². The molecule has 0 fully saturated rings. The maximum atomic E-state index is 12.1. The zero-order valence-electron chi connectivity index (χ0n) is 9.44. The van der Waals surface area contributed by atoms with E-state index in [0.717, 1.165) is 3.79 Å². The Balaban J connectivity index is 2.74. The Hall–Kier alpha value is -0.390. The zero-order valence-corrected chi connectivity index (χ0v) is 11.8. The summed E-state index contributed by atoms with van der Waals surface area (Å²) < 4.78 is 0.960. The van der Waals surface area contributed by atoms with Crippen molar-refractivity contribution in [2.45, 2.75) is 26.3 Å². The molecule has 5 heteroatoms. The van der Waals surface area contributed by atoms with Crippen LogP contribution in [0.5, 0.6) is 0 Å². The minimum Gasteiger partial charge on any atom is -0.396 e. The molecule has 90 valence electrons. The number of hydrogen-bond acceptors (Lipinski definition) is 3. The molecule has 0 radical (unpaired) electrons. The minimum absolute atomic E-state index is 0.0328. The second-order valence-electron chi connectivity index (χ2n) is 3.81. The first kappa shape index (κ1) is 13.7. The van der Waals surface area contributed by atoms with E-state index in [0.29, 0.717) is 18.5 Å². The highest BCUT2D eigenvalue weighted by Gasteiger charge is 2.19. The van der Waals surface area contributed by atoms with Crippen molar-refractivity contribution < 1.29 is 9.90 Å². The Morgan fingerprint density at radius 2 is 2.31 bits per heavy atom. The minimum atomic E-state index is 0.0328. The molecule has 0 aliphatic heterocycles. The van der Waals surface area contributed by atoms with Gasteiger partial charge in [-0.05, 0) is 42.3 Å². The van der Waals surface area contributed by atoms with E-state index in [2.05, 4.69) is 15.9 Å². The van der Waals surface area contributed by atoms with Crippen molar-refractivity contribution in [3.05, 3.63) is 20.8 Å². The van der Waals surface area contributed by atoms with Gasteiger partial charge in [0, 0.05) is 24.6 Å². The molecule has 0 unspecified atom stereocenters. The number of rotatable bonds is 5. The molecule has 0 spiro atoms. The molecule has 0 saturated heterocycles. The summed E-state index contributed by atoms with van der Waals surface area (Å²) >= 11 is 4.85. The lowest BCUT2D eigenvalue weighted by Crippen LogP contribution is -2.37. The van der Waals surface area contributed by atoms with Crippen LogP contribution < -0.4 is 0 Å². The largest absolute Gasteiger partial charge is 0.396 e. The number of carbonyl (C=O) groups is 1. The highest BCUT2D eigenvalue weighted by atomic mass is 79.9. The summed E-state index contributed by atoms with van der Waals surface area (Å²) in [5.74, 6) is 0.0328. The van der Waals surface area contributed by atoms with E-state index >= 15 is 0 Å². The van der Waals surface area contributed by atoms with Crippen molar-refractivity contribution >= 4 is 33.2 Å². The first-order valence-corrected chi connectivity index (χ1v) is 6.89. The third-order valence-corrected chi connectivity index (χ3v) is 3.76. The second-order valence-corrected chi connectivity index (χ2v) is 6.10. The SMILES string of the molecule is CC(C)N(CCCO)C(=O)c1csc(Br)c1. The fraction of sp³-hybridized carbons (Fsp3) is 0.545. The molecule has 1 amide bonds. The molecule has 0 aliphatic carbocycles. The lowest BCUT2D eigenvalue weighted by Gasteiger charge is -2.26. The molecule has 0 aromatic carbocycles. The maximum Gasteiger partial charge on any atom is 0.254 e. The van der Waals surface area contributed by atoms with Gasteiger partial charge in [0.1, 0.15) is 0 Å². The Bertz CT molecular complexity index is 352. The van der Waals surface area contributed by atoms with E-state index in [4.69, 9.17) is 5.11 Å². The smallest absolute Gasteiger partial charge is 0.254 e. The summed E-state index contributed by atoms with van der Waals surface area (Å²) in [5, 5.41) is 10.7. The second kappa shape index (κ2) is 6.37. The fourth-order valence-electron chi connectivity index (χ4n) is 1.42. The van der Waals surface area contributed by atoms with Gasteiger partial charge in [0.2, 0.25) is 0 Å². The van der Waals surface area contributed by atoms with E-state index in [1.165, 1.54) is 11.3 Å². The summed E-state index contributed by atoms with van der Waals surface area (Å²) in [6.07, 6.45) is 0.620. The number of thiophene rings is 1. The van der Waals surface area contributed by atoms with Gasteiger partial charge in [-0.3, -0.25) is 4.79 Å². The molecule has 1 heterocycles. The van der Waals surface area contributed by atoms with Gasteiger partial charge in [0.05, 0.1) is 9.35 Å². The Labute approximate surface area is 108 Å². The summed E-state index contributed by atoms with van der Waals surface area (Å²) in [6.45, 7) is 4.68. The number of nitrogens with zero attached hydrogens (tertiary/aromatic N) is 1. The average Bonchev–Trinajstić information content (AvgIpc) is 2.64. The molecule has 16 heavy (non-hydrogen) atoms. The van der Waals surface area contributed by atoms with Gasteiger partial charge >= 0.3 is 0 Å². The number of halogens is 1. The lowest BCUT2D eigenvalue weighted by atomic mass is 10.2. The molecule has 1 aromatic heterocycles. The van der Waals surface area contributed by atoms with Crippen LogP contribution in [0.4, 0.5) is 0 Å². The van der Waals surface area contributed by atoms with Crippen LogP contribution in [-0.4, -0.2) is 35.1 Å². The summed E-state index contributed by atoms with van der Waals surface area (Å²) in [4.78, 5) is 13.9. The highest BCUT2D eigenvalue weighted by Crippen LogP contribution is 2.22. The van der Waals surface area contributed by atoms with E-state index in [1.54, 1.807) is 4.90 Å². The summed E-state index contributed by atoms with van der Waals surface area (Å²) in [5.41, 5.74) is 0.712. The van der Waals surface area contributed by atoms with Crippen molar-refractivity contribution in [3.63, 3.8) is 0 Å². The van der Waals surface area contributed by atoms with Crippen LogP contribution >= 0.6 is 27.3 Å². The fourth-order valence-corrected chi connectivity index (χ4v) is 2.55. The van der Waals surface area contributed by atoms with E-state index in [-0.39, 0.29) is 18.6 Å². The normalized spacial score (nSPS) is 10.8. The third kappa shape index (κ3) is 3.57. The van der Waals surface area contributed by atoms with Crippen molar-refractivity contribution in [2.24, 2.45) is 0 Å². The van der Waals surface area contributed by atoms with Crippen molar-refractivity contribution in [2.75, 3.05) is 13.2 Å². The Kier molecular flexibility index (Phi) is 5.44. The summed E-state index contributed by atoms with van der Waals surface area (Å²) in [6, 6.07) is 1.99. The van der Waals surface area contributed by atoms with Crippen molar-refractivity contribution in [1.29, 1.82) is 0 Å². The predicted octanol–water partition coefficient (Wildman–Crippen LogP) is 2.74. The highest BCUT2D eigenvalue weighted by molar-refractivity contribution is 9.11. The quantitative estimate of drug-likeness (QED) is 0.908. The zero-order chi connectivity index (χ0) is 12.1. The van der Waals surface area contributed by atoms with E-state index < -0.39 is 0 Å². The molecule has 3 nitrogen and oxygen atoms in total. The number of hydrogen-bond donors (Lipinski definition) is 1. The van der Waals surface area contributed by atoms with Gasteiger partial charge < -0.3 is 10.0 Å². The molecular weight excluding hydrogens is 290 g/mol. The first-order valence-electron chi connectivity index (χ1n) is 5.22. The molecular formula is C11H16BrNO2S. The average molecular weight is 306 g/mol. The molecule has 0 saturated carbocycles. The number of aliphatic hydroxyl groups excluding tert-OH is 1. The maximum absolute atomic E-state index is 12.1. The molecule has 1 aromatic rings. The molecule has 0 aliphatic rings. The van der Waals surface area contributed by atoms with Crippen LogP contribution in [0.25, 0.3) is 0 Å². The molecule has 0 atom stereocenters.